The minimum atomic E-state index is 0.618. The Morgan fingerprint density at radius 3 is 1.67 bits per heavy atom. The zero-order valence-corrected chi connectivity index (χ0v) is 14.8. The van der Waals surface area contributed by atoms with Crippen molar-refractivity contribution >= 4 is 39.5 Å². The molecule has 0 saturated heterocycles. The van der Waals surface area contributed by atoms with Crippen molar-refractivity contribution in [1.82, 2.24) is 0 Å². The molecule has 109 valence electrons. The zero-order valence-electron chi connectivity index (χ0n) is 11.6. The Labute approximate surface area is 143 Å². The van der Waals surface area contributed by atoms with E-state index in [4.69, 9.17) is 9.31 Å². The molecule has 0 aromatic heterocycles. The Morgan fingerprint density at radius 2 is 1.24 bits per heavy atom. The van der Waals surface area contributed by atoms with Crippen LogP contribution in [0.4, 0.5) is 0 Å². The van der Waals surface area contributed by atoms with E-state index in [-0.39, 0.29) is 0 Å². The summed E-state index contributed by atoms with van der Waals surface area (Å²) in [6.45, 7) is 1.24. The Kier molecular flexibility index (Phi) is 7.51. The Balaban J connectivity index is 1.54. The minimum absolute atomic E-state index is 0.618. The van der Waals surface area contributed by atoms with Crippen molar-refractivity contribution in [2.75, 3.05) is 13.2 Å². The fourth-order valence-electron chi connectivity index (χ4n) is 1.88. The van der Waals surface area contributed by atoms with Gasteiger partial charge in [-0.2, -0.15) is 0 Å². The van der Waals surface area contributed by atoms with E-state index in [9.17, 15) is 0 Å². The maximum Gasteiger partial charge on any atom is 0.488 e. The van der Waals surface area contributed by atoms with Crippen LogP contribution in [0.2, 0.25) is 0 Å². The van der Waals surface area contributed by atoms with Crippen LogP contribution in [0.15, 0.2) is 57.5 Å². The topological polar surface area (TPSA) is 18.5 Å². The van der Waals surface area contributed by atoms with Crippen molar-refractivity contribution in [3.63, 3.8) is 0 Å². The third-order valence-electron chi connectivity index (χ3n) is 2.93. The summed E-state index contributed by atoms with van der Waals surface area (Å²) in [5, 5.41) is 0. The first-order chi connectivity index (χ1) is 10.2. The van der Waals surface area contributed by atoms with Crippen molar-refractivity contribution in [2.24, 2.45) is 0 Å². The first-order valence-electron chi connectivity index (χ1n) is 6.78. The van der Waals surface area contributed by atoms with Crippen molar-refractivity contribution in [3.8, 4) is 0 Å². The Morgan fingerprint density at radius 1 is 0.762 bits per heavy atom. The third kappa shape index (κ3) is 6.79. The fourth-order valence-corrected chi connectivity index (χ4v) is 2.78. The molecule has 0 N–H and O–H groups in total. The molecule has 0 aliphatic heterocycles. The van der Waals surface area contributed by atoms with E-state index in [0.29, 0.717) is 13.2 Å². The predicted molar refractivity (Wildman–Crippen MR) is 93.4 cm³/mol. The number of benzene rings is 2. The van der Waals surface area contributed by atoms with Gasteiger partial charge in [-0.3, -0.25) is 0 Å². The summed E-state index contributed by atoms with van der Waals surface area (Å²) in [6.07, 6.45) is 1.73. The van der Waals surface area contributed by atoms with Gasteiger partial charge in [-0.15, -0.1) is 0 Å². The first kappa shape index (κ1) is 16.8. The monoisotopic (exact) mass is 409 g/mol. The van der Waals surface area contributed by atoms with E-state index in [0.717, 1.165) is 21.8 Å². The molecule has 0 heterocycles. The van der Waals surface area contributed by atoms with Gasteiger partial charge in [-0.1, -0.05) is 56.1 Å². The van der Waals surface area contributed by atoms with Crippen LogP contribution < -0.4 is 0 Å². The van der Waals surface area contributed by atoms with Gasteiger partial charge in [0.15, 0.2) is 0 Å². The van der Waals surface area contributed by atoms with E-state index in [1.165, 1.54) is 18.8 Å². The number of rotatable bonds is 8. The molecular weight excluding hydrogens is 395 g/mol. The minimum Gasteiger partial charge on any atom is -0.413 e. The molecule has 21 heavy (non-hydrogen) atoms. The summed E-state index contributed by atoms with van der Waals surface area (Å²) in [7, 11) is 1.44. The molecule has 5 heteroatoms. The van der Waals surface area contributed by atoms with E-state index in [1.54, 1.807) is 0 Å². The van der Waals surface area contributed by atoms with Crippen LogP contribution in [0.25, 0.3) is 0 Å². The third-order valence-corrected chi connectivity index (χ3v) is 3.92. The number of halogens is 2. The lowest BCUT2D eigenvalue weighted by atomic mass is 10.1. The highest BCUT2D eigenvalue weighted by molar-refractivity contribution is 9.10. The van der Waals surface area contributed by atoms with Crippen molar-refractivity contribution in [2.45, 2.75) is 12.8 Å². The molecule has 2 aromatic rings. The molecule has 2 nitrogen and oxygen atoms in total. The predicted octanol–water partition coefficient (Wildman–Crippen LogP) is 4.56. The number of hydrogen-bond donors (Lipinski definition) is 0. The highest BCUT2D eigenvalue weighted by atomic mass is 79.9. The van der Waals surface area contributed by atoms with Crippen molar-refractivity contribution < 1.29 is 9.31 Å². The van der Waals surface area contributed by atoms with Gasteiger partial charge in [-0.25, -0.2) is 0 Å². The quantitative estimate of drug-likeness (QED) is 0.469. The van der Waals surface area contributed by atoms with Gasteiger partial charge in [0.2, 0.25) is 0 Å². The van der Waals surface area contributed by atoms with E-state index >= 15 is 0 Å². The summed E-state index contributed by atoms with van der Waals surface area (Å²) in [6, 6.07) is 16.4. The second-order valence-electron chi connectivity index (χ2n) is 4.60. The van der Waals surface area contributed by atoms with E-state index < -0.39 is 0 Å². The largest absolute Gasteiger partial charge is 0.488 e. The SMILES string of the molecule is Brc1cccc(CCO[B]OCCc2cccc(Br)c2)c1. The van der Waals surface area contributed by atoms with Crippen molar-refractivity contribution in [1.29, 1.82) is 0 Å². The van der Waals surface area contributed by atoms with Crippen molar-refractivity contribution in [3.05, 3.63) is 68.6 Å². The van der Waals surface area contributed by atoms with Crippen LogP contribution >= 0.6 is 31.9 Å². The highest BCUT2D eigenvalue weighted by Gasteiger charge is 1.99. The molecule has 0 aliphatic rings. The summed E-state index contributed by atoms with van der Waals surface area (Å²) in [5.41, 5.74) is 2.49. The van der Waals surface area contributed by atoms with Gasteiger partial charge in [0.25, 0.3) is 0 Å². The molecule has 0 amide bonds. The van der Waals surface area contributed by atoms with Gasteiger partial charge in [-0.05, 0) is 48.2 Å². The maximum atomic E-state index is 5.37. The summed E-state index contributed by atoms with van der Waals surface area (Å²) in [4.78, 5) is 0. The van der Waals surface area contributed by atoms with Crippen LogP contribution in [0.5, 0.6) is 0 Å². The fraction of sp³-hybridized carbons (Fsp3) is 0.250. The normalized spacial score (nSPS) is 10.6. The molecule has 2 rings (SSSR count). The van der Waals surface area contributed by atoms with E-state index in [1.807, 2.05) is 24.3 Å². The van der Waals surface area contributed by atoms with Gasteiger partial charge < -0.3 is 9.31 Å². The van der Waals surface area contributed by atoms with Crippen LogP contribution in [-0.2, 0) is 22.2 Å². The Hall–Kier alpha value is -0.615. The van der Waals surface area contributed by atoms with Crippen LogP contribution in [0, 0.1) is 0 Å². The molecule has 0 saturated carbocycles. The van der Waals surface area contributed by atoms with Gasteiger partial charge >= 0.3 is 7.69 Å². The Bertz CT molecular complexity index is 514. The summed E-state index contributed by atoms with van der Waals surface area (Å²) in [5.74, 6) is 0. The van der Waals surface area contributed by atoms with E-state index in [2.05, 4.69) is 56.1 Å². The molecule has 0 bridgehead atoms. The molecule has 0 aliphatic carbocycles. The van der Waals surface area contributed by atoms with Gasteiger partial charge in [0.1, 0.15) is 0 Å². The average Bonchev–Trinajstić information content (AvgIpc) is 2.46. The van der Waals surface area contributed by atoms with Crippen LogP contribution in [0.3, 0.4) is 0 Å². The molecular formula is C16H16BBr2O2. The van der Waals surface area contributed by atoms with Gasteiger partial charge in [0.05, 0.1) is 0 Å². The smallest absolute Gasteiger partial charge is 0.413 e. The lowest BCUT2D eigenvalue weighted by Crippen LogP contribution is -2.09. The first-order valence-corrected chi connectivity index (χ1v) is 8.36. The molecule has 0 fully saturated rings. The van der Waals surface area contributed by atoms with Crippen LogP contribution in [0.1, 0.15) is 11.1 Å². The average molecular weight is 411 g/mol. The highest BCUT2D eigenvalue weighted by Crippen LogP contribution is 2.12. The second-order valence-corrected chi connectivity index (χ2v) is 6.43. The molecule has 1 radical (unpaired) electrons. The van der Waals surface area contributed by atoms with Gasteiger partial charge in [0, 0.05) is 22.2 Å². The lowest BCUT2D eigenvalue weighted by Gasteiger charge is -2.05. The zero-order chi connectivity index (χ0) is 14.9. The standard InChI is InChI=1S/C16H16BBr2O2/c18-15-5-1-3-13(11-15)7-9-20-17-21-10-8-14-4-2-6-16(19)12-14/h1-6,11-12H,7-10H2. The molecule has 0 spiro atoms. The number of hydrogen-bond acceptors (Lipinski definition) is 2. The van der Waals surface area contributed by atoms with Crippen LogP contribution in [-0.4, -0.2) is 20.9 Å². The molecule has 2 aromatic carbocycles. The molecule has 0 unspecified atom stereocenters. The summed E-state index contributed by atoms with van der Waals surface area (Å²) >= 11 is 6.91. The lowest BCUT2D eigenvalue weighted by molar-refractivity contribution is 0.225. The maximum absolute atomic E-state index is 5.37. The molecule has 0 atom stereocenters. The summed E-state index contributed by atoms with van der Waals surface area (Å²) < 4.78 is 12.9. The second kappa shape index (κ2) is 9.41.